The third-order valence-corrected chi connectivity index (χ3v) is 6.73. The van der Waals surface area contributed by atoms with Crippen LogP contribution in [0.5, 0.6) is 0 Å². The van der Waals surface area contributed by atoms with Crippen LogP contribution in [0, 0.1) is 0 Å². The number of nitrogens with one attached hydrogen (secondary N) is 1. The number of nitrogens with zero attached hydrogens (tertiary/aromatic N) is 2. The van der Waals surface area contributed by atoms with Crippen molar-refractivity contribution in [3.63, 3.8) is 0 Å². The predicted octanol–water partition coefficient (Wildman–Crippen LogP) is 5.39. The maximum atomic E-state index is 12.2. The fourth-order valence-corrected chi connectivity index (χ4v) is 4.56. The van der Waals surface area contributed by atoms with E-state index < -0.39 is 0 Å². The third-order valence-electron chi connectivity index (χ3n) is 5.35. The van der Waals surface area contributed by atoms with Gasteiger partial charge >= 0.3 is 0 Å². The molecule has 0 radical (unpaired) electrons. The summed E-state index contributed by atoms with van der Waals surface area (Å²) in [5.74, 6) is 0.411. The molecule has 4 nitrogen and oxygen atoms in total. The number of thioether (sulfide) groups is 1. The van der Waals surface area contributed by atoms with Crippen LogP contribution >= 0.6 is 23.4 Å². The van der Waals surface area contributed by atoms with Crippen LogP contribution in [0.3, 0.4) is 0 Å². The summed E-state index contributed by atoms with van der Waals surface area (Å²) < 4.78 is 0. The summed E-state index contributed by atoms with van der Waals surface area (Å²) in [4.78, 5) is 18.2. The van der Waals surface area contributed by atoms with E-state index in [1.807, 2.05) is 60.7 Å². The van der Waals surface area contributed by atoms with E-state index in [0.717, 1.165) is 48.3 Å². The predicted molar refractivity (Wildman–Crippen MR) is 131 cm³/mol. The highest BCUT2D eigenvalue weighted by atomic mass is 35.5. The van der Waals surface area contributed by atoms with Gasteiger partial charge in [0.1, 0.15) is 0 Å². The van der Waals surface area contributed by atoms with Gasteiger partial charge < -0.3 is 10.2 Å². The Morgan fingerprint density at radius 3 is 2.26 bits per heavy atom. The van der Waals surface area contributed by atoms with Gasteiger partial charge in [0, 0.05) is 54.0 Å². The number of hydrogen-bond acceptors (Lipinski definition) is 4. The molecule has 31 heavy (non-hydrogen) atoms. The Morgan fingerprint density at radius 1 is 0.871 bits per heavy atom. The van der Waals surface area contributed by atoms with E-state index in [0.29, 0.717) is 5.75 Å². The number of hydrogen-bond donors (Lipinski definition) is 1. The number of carbonyl (C=O) groups excluding carboxylic acids is 1. The average molecular weight is 452 g/mol. The van der Waals surface area contributed by atoms with Gasteiger partial charge in [0.25, 0.3) is 0 Å². The van der Waals surface area contributed by atoms with Gasteiger partial charge in [-0.2, -0.15) is 0 Å². The SMILES string of the molecule is O=C(CSc1ccccc1)Nc1ccc(N2CCN(Cc3ccccc3Cl)CC2)cc1. The van der Waals surface area contributed by atoms with Crippen LogP contribution in [0.1, 0.15) is 5.56 Å². The van der Waals surface area contributed by atoms with Crippen molar-refractivity contribution in [2.24, 2.45) is 0 Å². The fourth-order valence-electron chi connectivity index (χ4n) is 3.65. The summed E-state index contributed by atoms with van der Waals surface area (Å²) in [6, 6.07) is 26.2. The molecule has 1 aliphatic heterocycles. The van der Waals surface area contributed by atoms with Crippen LogP contribution in [0.15, 0.2) is 83.8 Å². The minimum absolute atomic E-state index is 0.00906. The van der Waals surface area contributed by atoms with Crippen molar-refractivity contribution in [1.29, 1.82) is 0 Å². The highest BCUT2D eigenvalue weighted by molar-refractivity contribution is 8.00. The van der Waals surface area contributed by atoms with Crippen molar-refractivity contribution in [2.75, 3.05) is 42.1 Å². The van der Waals surface area contributed by atoms with E-state index in [2.05, 4.69) is 33.3 Å². The third kappa shape index (κ3) is 6.26. The second-order valence-corrected chi connectivity index (χ2v) is 9.01. The van der Waals surface area contributed by atoms with Gasteiger partial charge in [-0.1, -0.05) is 48.0 Å². The Balaban J connectivity index is 1.24. The van der Waals surface area contributed by atoms with Gasteiger partial charge in [-0.3, -0.25) is 9.69 Å². The Labute approximate surface area is 193 Å². The van der Waals surface area contributed by atoms with Gasteiger partial charge in [0.2, 0.25) is 5.91 Å². The van der Waals surface area contributed by atoms with Crippen molar-refractivity contribution in [3.05, 3.63) is 89.4 Å². The molecule has 0 aliphatic carbocycles. The Bertz CT molecular complexity index is 989. The topological polar surface area (TPSA) is 35.6 Å². The monoisotopic (exact) mass is 451 g/mol. The van der Waals surface area contributed by atoms with E-state index >= 15 is 0 Å². The molecule has 0 spiro atoms. The molecular weight excluding hydrogens is 426 g/mol. The summed E-state index contributed by atoms with van der Waals surface area (Å²) in [5.41, 5.74) is 3.21. The number of piperazine rings is 1. The van der Waals surface area contributed by atoms with Gasteiger partial charge in [-0.15, -0.1) is 11.8 Å². The molecule has 1 fully saturated rings. The van der Waals surface area contributed by atoms with Crippen molar-refractivity contribution in [1.82, 2.24) is 4.90 Å². The highest BCUT2D eigenvalue weighted by Gasteiger charge is 2.18. The lowest BCUT2D eigenvalue weighted by atomic mass is 10.2. The number of anilines is 2. The molecular formula is C25H26ClN3OS. The molecule has 0 atom stereocenters. The zero-order valence-electron chi connectivity index (χ0n) is 17.3. The Hall–Kier alpha value is -2.47. The van der Waals surface area contributed by atoms with Crippen LogP contribution in [0.25, 0.3) is 0 Å². The number of carbonyl (C=O) groups is 1. The maximum Gasteiger partial charge on any atom is 0.234 e. The normalized spacial score (nSPS) is 14.4. The first-order chi connectivity index (χ1) is 15.2. The standard InChI is InChI=1S/C25H26ClN3OS/c26-24-9-5-4-6-20(24)18-28-14-16-29(17-15-28)22-12-10-21(11-13-22)27-25(30)19-31-23-7-2-1-3-8-23/h1-13H,14-19H2,(H,27,30). The lowest BCUT2D eigenvalue weighted by molar-refractivity contribution is -0.113. The smallest absolute Gasteiger partial charge is 0.234 e. The number of halogens is 1. The van der Waals surface area contributed by atoms with E-state index in [4.69, 9.17) is 11.6 Å². The van der Waals surface area contributed by atoms with E-state index in [1.54, 1.807) is 11.8 Å². The van der Waals surface area contributed by atoms with Gasteiger partial charge in [0.05, 0.1) is 5.75 Å². The van der Waals surface area contributed by atoms with E-state index in [-0.39, 0.29) is 5.91 Å². The van der Waals surface area contributed by atoms with Crippen LogP contribution < -0.4 is 10.2 Å². The molecule has 1 aliphatic rings. The van der Waals surface area contributed by atoms with Gasteiger partial charge in [0.15, 0.2) is 0 Å². The van der Waals surface area contributed by atoms with Crippen LogP contribution in [0.4, 0.5) is 11.4 Å². The second-order valence-electron chi connectivity index (χ2n) is 7.55. The molecule has 1 amide bonds. The second kappa shape index (κ2) is 10.7. The Kier molecular flexibility index (Phi) is 7.52. The van der Waals surface area contributed by atoms with Crippen molar-refractivity contribution in [3.8, 4) is 0 Å². The van der Waals surface area contributed by atoms with E-state index in [9.17, 15) is 4.79 Å². The highest BCUT2D eigenvalue weighted by Crippen LogP contribution is 2.22. The van der Waals surface area contributed by atoms with Crippen LogP contribution in [0.2, 0.25) is 5.02 Å². The summed E-state index contributed by atoms with van der Waals surface area (Å²) in [7, 11) is 0. The molecule has 0 unspecified atom stereocenters. The zero-order chi connectivity index (χ0) is 21.5. The maximum absolute atomic E-state index is 12.2. The molecule has 0 bridgehead atoms. The van der Waals surface area contributed by atoms with Crippen molar-refractivity contribution < 1.29 is 4.79 Å². The van der Waals surface area contributed by atoms with E-state index in [1.165, 1.54) is 11.3 Å². The summed E-state index contributed by atoms with van der Waals surface area (Å²) in [5, 5.41) is 3.82. The first kappa shape index (κ1) is 21.8. The summed E-state index contributed by atoms with van der Waals surface area (Å²) in [6.07, 6.45) is 0. The number of benzene rings is 3. The molecule has 0 aromatic heterocycles. The summed E-state index contributed by atoms with van der Waals surface area (Å²) in [6.45, 7) is 4.84. The molecule has 1 heterocycles. The lowest BCUT2D eigenvalue weighted by Gasteiger charge is -2.36. The van der Waals surface area contributed by atoms with Crippen LogP contribution in [-0.2, 0) is 11.3 Å². The first-order valence-corrected chi connectivity index (χ1v) is 11.8. The lowest BCUT2D eigenvalue weighted by Crippen LogP contribution is -2.46. The number of amides is 1. The molecule has 1 saturated heterocycles. The number of rotatable bonds is 7. The zero-order valence-corrected chi connectivity index (χ0v) is 18.9. The molecule has 3 aromatic rings. The quantitative estimate of drug-likeness (QED) is 0.488. The molecule has 4 rings (SSSR count). The molecule has 160 valence electrons. The molecule has 0 saturated carbocycles. The molecule has 1 N–H and O–H groups in total. The van der Waals surface area contributed by atoms with Crippen LogP contribution in [-0.4, -0.2) is 42.7 Å². The Morgan fingerprint density at radius 2 is 1.55 bits per heavy atom. The summed E-state index contributed by atoms with van der Waals surface area (Å²) >= 11 is 7.84. The van der Waals surface area contributed by atoms with Crippen molar-refractivity contribution in [2.45, 2.75) is 11.4 Å². The molecule has 3 aromatic carbocycles. The molecule has 6 heteroatoms. The first-order valence-electron chi connectivity index (χ1n) is 10.5. The average Bonchev–Trinajstić information content (AvgIpc) is 2.81. The fraction of sp³-hybridized carbons (Fsp3) is 0.240. The van der Waals surface area contributed by atoms with Gasteiger partial charge in [-0.05, 0) is 48.0 Å². The largest absolute Gasteiger partial charge is 0.369 e. The minimum Gasteiger partial charge on any atom is -0.369 e. The minimum atomic E-state index is 0.00906. The van der Waals surface area contributed by atoms with Crippen molar-refractivity contribution >= 4 is 40.6 Å². The van der Waals surface area contributed by atoms with Gasteiger partial charge in [-0.25, -0.2) is 0 Å².